The highest BCUT2D eigenvalue weighted by atomic mass is 32.2. The minimum absolute atomic E-state index is 0.145. The van der Waals surface area contributed by atoms with E-state index in [9.17, 15) is 20.1 Å². The van der Waals surface area contributed by atoms with Crippen molar-refractivity contribution in [2.24, 2.45) is 5.92 Å². The first kappa shape index (κ1) is 26.1. The first-order valence-corrected chi connectivity index (χ1v) is 13.3. The largest absolute Gasteiger partial charge is 0.508 e. The van der Waals surface area contributed by atoms with Crippen LogP contribution in [0.15, 0.2) is 29.4 Å². The molecule has 3 aromatic rings. The molecular weight excluding hydrogens is 482 g/mol. The molecule has 1 aromatic carbocycles. The van der Waals surface area contributed by atoms with Gasteiger partial charge in [0.1, 0.15) is 11.9 Å². The lowest BCUT2D eigenvalue weighted by atomic mass is 10.0. The zero-order valence-corrected chi connectivity index (χ0v) is 21.3. The van der Waals surface area contributed by atoms with Crippen molar-refractivity contribution in [2.45, 2.75) is 69.5 Å². The standard InChI is InChI=1S/C24H33N7O4S/c1-3-5-10-25-21-18-22(28-24(27-21)36-11-4-2)31(30-29-18)17-12-16(19(33)20(17)34)23(35)26-13-14-6-8-15(32)9-7-14/h6-9,16-17,19-20,32-34H,3-5,10-13H2,1-2H3,(H,26,35)(H,25,27,28)/t16-,17?,19?,20?/m0/s1. The third kappa shape index (κ3) is 5.71. The SMILES string of the molecule is CCCCNc1nc(SCCC)nc2c1nnn2C1C[C@H](C(=O)NCc2ccc(O)cc2)C(O)C1O. The Balaban J connectivity index is 1.55. The van der Waals surface area contributed by atoms with Crippen LogP contribution in [0.3, 0.4) is 0 Å². The van der Waals surface area contributed by atoms with Gasteiger partial charge < -0.3 is 26.0 Å². The van der Waals surface area contributed by atoms with Gasteiger partial charge in [-0.25, -0.2) is 14.6 Å². The Morgan fingerprint density at radius 2 is 1.92 bits per heavy atom. The molecule has 0 radical (unpaired) electrons. The van der Waals surface area contributed by atoms with Crippen LogP contribution >= 0.6 is 11.8 Å². The fraction of sp³-hybridized carbons (Fsp3) is 0.542. The van der Waals surface area contributed by atoms with Crippen molar-refractivity contribution in [1.29, 1.82) is 0 Å². The monoisotopic (exact) mass is 515 g/mol. The number of aliphatic hydroxyl groups is 2. The second-order valence-corrected chi connectivity index (χ2v) is 10.0. The van der Waals surface area contributed by atoms with E-state index in [0.717, 1.165) is 37.1 Å². The van der Waals surface area contributed by atoms with Crippen molar-refractivity contribution < 1.29 is 20.1 Å². The van der Waals surface area contributed by atoms with E-state index in [1.165, 1.54) is 16.4 Å². The number of fused-ring (bicyclic) bond motifs is 1. The number of benzene rings is 1. The lowest BCUT2D eigenvalue weighted by Crippen LogP contribution is -2.38. The Kier molecular flexibility index (Phi) is 8.60. The van der Waals surface area contributed by atoms with Crippen LogP contribution in [0.4, 0.5) is 5.82 Å². The van der Waals surface area contributed by atoms with Crippen LogP contribution in [-0.2, 0) is 11.3 Å². The predicted molar refractivity (Wildman–Crippen MR) is 137 cm³/mol. The van der Waals surface area contributed by atoms with E-state index in [4.69, 9.17) is 0 Å². The summed E-state index contributed by atoms with van der Waals surface area (Å²) in [5.74, 6) is 0.410. The van der Waals surface area contributed by atoms with Crippen LogP contribution in [0.25, 0.3) is 11.2 Å². The highest BCUT2D eigenvalue weighted by Crippen LogP contribution is 2.37. The molecule has 4 atom stereocenters. The summed E-state index contributed by atoms with van der Waals surface area (Å²) < 4.78 is 1.51. The van der Waals surface area contributed by atoms with Gasteiger partial charge in [-0.1, -0.05) is 49.4 Å². The van der Waals surface area contributed by atoms with Crippen LogP contribution in [0.2, 0.25) is 0 Å². The Morgan fingerprint density at radius 1 is 1.14 bits per heavy atom. The zero-order valence-electron chi connectivity index (χ0n) is 20.5. The number of rotatable bonds is 11. The van der Waals surface area contributed by atoms with E-state index >= 15 is 0 Å². The molecule has 2 heterocycles. The van der Waals surface area contributed by atoms with Crippen LogP contribution in [0, 0.1) is 5.92 Å². The minimum Gasteiger partial charge on any atom is -0.508 e. The minimum atomic E-state index is -1.26. The first-order chi connectivity index (χ1) is 17.4. The molecule has 5 N–H and O–H groups in total. The summed E-state index contributed by atoms with van der Waals surface area (Å²) in [6.07, 6.45) is 0.697. The smallest absolute Gasteiger partial charge is 0.226 e. The maximum atomic E-state index is 12.9. The molecule has 1 aliphatic carbocycles. The molecule has 4 rings (SSSR count). The number of anilines is 1. The number of phenolic OH excluding ortho intramolecular Hbond substituents is 1. The van der Waals surface area contributed by atoms with Crippen molar-refractivity contribution in [2.75, 3.05) is 17.6 Å². The van der Waals surface area contributed by atoms with Gasteiger partial charge in [0.15, 0.2) is 22.1 Å². The Hall–Kier alpha value is -2.96. The molecule has 3 unspecified atom stereocenters. The first-order valence-electron chi connectivity index (χ1n) is 12.3. The Labute approximate surface area is 213 Å². The molecule has 1 fully saturated rings. The molecule has 0 spiro atoms. The highest BCUT2D eigenvalue weighted by Gasteiger charge is 2.47. The van der Waals surface area contributed by atoms with Crippen LogP contribution < -0.4 is 10.6 Å². The van der Waals surface area contributed by atoms with Crippen molar-refractivity contribution in [3.05, 3.63) is 29.8 Å². The fourth-order valence-corrected chi connectivity index (χ4v) is 4.94. The fourth-order valence-electron chi connectivity index (χ4n) is 4.24. The third-order valence-corrected chi connectivity index (χ3v) is 7.32. The van der Waals surface area contributed by atoms with Crippen molar-refractivity contribution >= 4 is 34.7 Å². The van der Waals surface area contributed by atoms with Gasteiger partial charge in [-0.15, -0.1) is 5.10 Å². The van der Waals surface area contributed by atoms with Crippen molar-refractivity contribution in [3.63, 3.8) is 0 Å². The summed E-state index contributed by atoms with van der Waals surface area (Å²) in [7, 11) is 0. The summed E-state index contributed by atoms with van der Waals surface area (Å²) in [4.78, 5) is 22.2. The number of thioether (sulfide) groups is 1. The van der Waals surface area contributed by atoms with Gasteiger partial charge in [0.05, 0.1) is 18.1 Å². The van der Waals surface area contributed by atoms with Crippen LogP contribution in [0.1, 0.15) is 51.1 Å². The number of unbranched alkanes of at least 4 members (excludes halogenated alkanes) is 1. The summed E-state index contributed by atoms with van der Waals surface area (Å²) >= 11 is 1.53. The number of carbonyl (C=O) groups is 1. The normalized spacial score (nSPS) is 21.7. The second kappa shape index (κ2) is 11.8. The average molecular weight is 516 g/mol. The van der Waals surface area contributed by atoms with E-state index < -0.39 is 24.2 Å². The van der Waals surface area contributed by atoms with E-state index in [0.29, 0.717) is 22.1 Å². The number of amides is 1. The maximum absolute atomic E-state index is 12.9. The quantitative estimate of drug-likeness (QED) is 0.146. The van der Waals surface area contributed by atoms with Gasteiger partial charge in [0, 0.05) is 18.8 Å². The Morgan fingerprint density at radius 3 is 2.64 bits per heavy atom. The van der Waals surface area contributed by atoms with Gasteiger partial charge in [0.2, 0.25) is 5.91 Å². The average Bonchev–Trinajstić information content (AvgIpc) is 3.43. The third-order valence-electron chi connectivity index (χ3n) is 6.27. The predicted octanol–water partition coefficient (Wildman–Crippen LogP) is 2.24. The molecule has 11 nitrogen and oxygen atoms in total. The summed E-state index contributed by atoms with van der Waals surface area (Å²) in [6, 6.07) is 5.83. The van der Waals surface area contributed by atoms with Crippen LogP contribution in [0.5, 0.6) is 5.75 Å². The van der Waals surface area contributed by atoms with Gasteiger partial charge in [-0.3, -0.25) is 4.79 Å². The molecule has 36 heavy (non-hydrogen) atoms. The van der Waals surface area contributed by atoms with E-state index in [1.807, 2.05) is 0 Å². The van der Waals surface area contributed by atoms with E-state index in [2.05, 4.69) is 44.8 Å². The number of nitrogens with zero attached hydrogens (tertiary/aromatic N) is 5. The van der Waals surface area contributed by atoms with Gasteiger partial charge in [0.25, 0.3) is 0 Å². The van der Waals surface area contributed by atoms with E-state index in [-0.39, 0.29) is 24.6 Å². The topological polar surface area (TPSA) is 158 Å². The molecule has 194 valence electrons. The number of aromatic hydroxyl groups is 1. The summed E-state index contributed by atoms with van der Waals surface area (Å²) in [5, 5.41) is 46.3. The highest BCUT2D eigenvalue weighted by molar-refractivity contribution is 7.99. The molecule has 12 heteroatoms. The summed E-state index contributed by atoms with van der Waals surface area (Å²) in [5.41, 5.74) is 1.77. The molecule has 0 bridgehead atoms. The molecular formula is C24H33N7O4S. The van der Waals surface area contributed by atoms with Gasteiger partial charge >= 0.3 is 0 Å². The maximum Gasteiger partial charge on any atom is 0.226 e. The number of hydrogen-bond donors (Lipinski definition) is 5. The number of hydrogen-bond acceptors (Lipinski definition) is 10. The zero-order chi connectivity index (χ0) is 25.7. The molecule has 1 saturated carbocycles. The van der Waals surface area contributed by atoms with Gasteiger partial charge in [-0.2, -0.15) is 0 Å². The second-order valence-electron chi connectivity index (χ2n) is 8.96. The van der Waals surface area contributed by atoms with E-state index in [1.54, 1.807) is 24.3 Å². The van der Waals surface area contributed by atoms with Crippen molar-refractivity contribution in [1.82, 2.24) is 30.3 Å². The number of aromatic nitrogens is 5. The Bertz CT molecular complexity index is 1170. The summed E-state index contributed by atoms with van der Waals surface area (Å²) in [6.45, 7) is 5.18. The molecule has 0 saturated heterocycles. The molecule has 1 amide bonds. The molecule has 0 aliphatic heterocycles. The lowest BCUT2D eigenvalue weighted by Gasteiger charge is -2.17. The number of nitrogens with one attached hydrogen (secondary N) is 2. The van der Waals surface area contributed by atoms with Crippen LogP contribution in [-0.4, -0.2) is 70.7 Å². The molecule has 1 aliphatic rings. The number of aliphatic hydroxyl groups excluding tert-OH is 2. The lowest BCUT2D eigenvalue weighted by molar-refractivity contribution is -0.129. The molecule has 2 aromatic heterocycles. The van der Waals surface area contributed by atoms with Gasteiger partial charge in [-0.05, 0) is 37.0 Å². The number of carbonyl (C=O) groups excluding carboxylic acids is 1. The number of phenols is 1. The van der Waals surface area contributed by atoms with Crippen molar-refractivity contribution in [3.8, 4) is 5.75 Å².